The zero-order valence-corrected chi connectivity index (χ0v) is 8.65. The van der Waals surface area contributed by atoms with E-state index in [9.17, 15) is 4.79 Å². The van der Waals surface area contributed by atoms with Crippen molar-refractivity contribution in [2.45, 2.75) is 11.8 Å². The molecule has 0 aromatic carbocycles. The van der Waals surface area contributed by atoms with Crippen molar-refractivity contribution in [2.75, 3.05) is 5.75 Å². The molecule has 4 heteroatoms. The Bertz CT molecular complexity index is 347. The zero-order chi connectivity index (χ0) is 9.68. The van der Waals surface area contributed by atoms with Crippen LogP contribution in [0, 0.1) is 0 Å². The van der Waals surface area contributed by atoms with Gasteiger partial charge in [-0.2, -0.15) is 0 Å². The van der Waals surface area contributed by atoms with Crippen LogP contribution in [0.4, 0.5) is 0 Å². The molecule has 0 aliphatic heterocycles. The van der Waals surface area contributed by atoms with Crippen LogP contribution in [0.25, 0.3) is 6.08 Å². The molecule has 1 heterocycles. The molecular weight excluding hydrogens is 206 g/mol. The summed E-state index contributed by atoms with van der Waals surface area (Å²) >= 11 is 7.30. The van der Waals surface area contributed by atoms with E-state index in [0.717, 1.165) is 10.6 Å². The first-order chi connectivity index (χ1) is 6.27. The van der Waals surface area contributed by atoms with Crippen LogP contribution in [0.5, 0.6) is 0 Å². The molecule has 0 bridgehead atoms. The van der Waals surface area contributed by atoms with Gasteiger partial charge in [0.1, 0.15) is 11.1 Å². The molecule has 0 aliphatic rings. The largest absolute Gasteiger partial charge is 0.235 e. The fourth-order valence-electron chi connectivity index (χ4n) is 0.874. The standard InChI is InChI=1S/C9H8ClNOS/c1-2-13-8-3-4-9(10)11-7(8)5-6-12/h3-5H,2H2,1H3. The van der Waals surface area contributed by atoms with E-state index in [4.69, 9.17) is 11.6 Å². The first-order valence-electron chi connectivity index (χ1n) is 3.78. The molecule has 0 saturated carbocycles. The lowest BCUT2D eigenvalue weighted by Gasteiger charge is -2.01. The average Bonchev–Trinajstić information content (AvgIpc) is 2.10. The van der Waals surface area contributed by atoms with Crippen molar-refractivity contribution in [3.05, 3.63) is 23.0 Å². The Morgan fingerprint density at radius 2 is 2.46 bits per heavy atom. The normalized spacial score (nSPS) is 9.38. The van der Waals surface area contributed by atoms with Gasteiger partial charge in [-0.25, -0.2) is 9.78 Å². The van der Waals surface area contributed by atoms with Crippen LogP contribution in [0.3, 0.4) is 0 Å². The number of halogens is 1. The van der Waals surface area contributed by atoms with Gasteiger partial charge in [0.05, 0.1) is 5.69 Å². The fraction of sp³-hybridized carbons (Fsp3) is 0.222. The minimum absolute atomic E-state index is 0.391. The first-order valence-corrected chi connectivity index (χ1v) is 5.14. The van der Waals surface area contributed by atoms with Crippen molar-refractivity contribution < 1.29 is 4.79 Å². The second-order valence-electron chi connectivity index (χ2n) is 2.21. The lowest BCUT2D eigenvalue weighted by molar-refractivity contribution is 0.570. The lowest BCUT2D eigenvalue weighted by atomic mass is 10.3. The van der Waals surface area contributed by atoms with Crippen molar-refractivity contribution in [3.8, 4) is 0 Å². The monoisotopic (exact) mass is 213 g/mol. The topological polar surface area (TPSA) is 30.0 Å². The molecule has 68 valence electrons. The van der Waals surface area contributed by atoms with Gasteiger partial charge < -0.3 is 0 Å². The maximum Gasteiger partial charge on any atom is 0.129 e. The van der Waals surface area contributed by atoms with Gasteiger partial charge in [0.2, 0.25) is 0 Å². The van der Waals surface area contributed by atoms with Crippen LogP contribution in [0.2, 0.25) is 5.15 Å². The van der Waals surface area contributed by atoms with Crippen LogP contribution in [-0.2, 0) is 4.79 Å². The molecular formula is C9H8ClNOS. The molecule has 0 unspecified atom stereocenters. The molecule has 0 saturated heterocycles. The summed E-state index contributed by atoms with van der Waals surface area (Å²) in [5.74, 6) is 2.63. The highest BCUT2D eigenvalue weighted by atomic mass is 35.5. The van der Waals surface area contributed by atoms with Crippen molar-refractivity contribution >= 4 is 35.4 Å². The quantitative estimate of drug-likeness (QED) is 0.439. The van der Waals surface area contributed by atoms with Crippen molar-refractivity contribution in [1.82, 2.24) is 4.98 Å². The van der Waals surface area contributed by atoms with Gasteiger partial charge in [0.15, 0.2) is 0 Å². The van der Waals surface area contributed by atoms with E-state index in [0.29, 0.717) is 10.8 Å². The molecule has 1 aromatic rings. The number of carbonyl (C=O) groups excluding carboxylic acids is 1. The SMILES string of the molecule is CCSc1ccc(Cl)nc1C=C=O. The summed E-state index contributed by atoms with van der Waals surface area (Å²) < 4.78 is 0. The Hall–Kier alpha value is -0.760. The van der Waals surface area contributed by atoms with Gasteiger partial charge >= 0.3 is 0 Å². The van der Waals surface area contributed by atoms with Crippen LogP contribution >= 0.6 is 23.4 Å². The van der Waals surface area contributed by atoms with Gasteiger partial charge in [0.25, 0.3) is 0 Å². The van der Waals surface area contributed by atoms with Gasteiger partial charge in [-0.05, 0) is 17.9 Å². The number of nitrogens with zero attached hydrogens (tertiary/aromatic N) is 1. The number of aromatic nitrogens is 1. The lowest BCUT2D eigenvalue weighted by Crippen LogP contribution is -1.86. The molecule has 0 amide bonds. The van der Waals surface area contributed by atoms with Gasteiger partial charge in [0, 0.05) is 11.0 Å². The summed E-state index contributed by atoms with van der Waals surface area (Å²) in [7, 11) is 0. The number of hydrogen-bond acceptors (Lipinski definition) is 3. The number of hydrogen-bond donors (Lipinski definition) is 0. The van der Waals surface area contributed by atoms with Crippen molar-refractivity contribution in [2.24, 2.45) is 0 Å². The van der Waals surface area contributed by atoms with E-state index >= 15 is 0 Å². The number of pyridine rings is 1. The highest BCUT2D eigenvalue weighted by Crippen LogP contribution is 2.23. The third-order valence-corrected chi connectivity index (χ3v) is 2.50. The third-order valence-electron chi connectivity index (χ3n) is 1.35. The van der Waals surface area contributed by atoms with E-state index in [1.807, 2.05) is 13.0 Å². The number of thioether (sulfide) groups is 1. The summed E-state index contributed by atoms with van der Waals surface area (Å²) in [6.45, 7) is 2.04. The molecule has 0 aliphatic carbocycles. The summed E-state index contributed by atoms with van der Waals surface area (Å²) in [5.41, 5.74) is 0.592. The molecule has 0 spiro atoms. The maximum absolute atomic E-state index is 10.2. The Labute approximate surface area is 86.0 Å². The molecule has 0 atom stereocenters. The third kappa shape index (κ3) is 2.88. The van der Waals surface area contributed by atoms with Crippen molar-refractivity contribution in [3.63, 3.8) is 0 Å². The highest BCUT2D eigenvalue weighted by molar-refractivity contribution is 7.99. The minimum atomic E-state index is 0.391. The number of rotatable bonds is 3. The zero-order valence-electron chi connectivity index (χ0n) is 7.08. The van der Waals surface area contributed by atoms with Crippen LogP contribution in [-0.4, -0.2) is 16.7 Å². The fourth-order valence-corrected chi connectivity index (χ4v) is 1.76. The molecule has 0 N–H and O–H groups in total. The Morgan fingerprint density at radius 3 is 3.08 bits per heavy atom. The highest BCUT2D eigenvalue weighted by Gasteiger charge is 2.01. The van der Waals surface area contributed by atoms with E-state index in [2.05, 4.69) is 4.98 Å². The summed E-state index contributed by atoms with van der Waals surface area (Å²) in [6, 6.07) is 3.56. The molecule has 13 heavy (non-hydrogen) atoms. The van der Waals surface area contributed by atoms with Gasteiger partial charge in [-0.15, -0.1) is 11.8 Å². The maximum atomic E-state index is 10.2. The van der Waals surface area contributed by atoms with Crippen molar-refractivity contribution in [1.29, 1.82) is 0 Å². The summed E-state index contributed by atoms with van der Waals surface area (Å²) in [4.78, 5) is 15.1. The summed E-state index contributed by atoms with van der Waals surface area (Å²) in [5, 5.41) is 0.391. The summed E-state index contributed by atoms with van der Waals surface area (Å²) in [6.07, 6.45) is 1.30. The second-order valence-corrected chi connectivity index (χ2v) is 3.91. The van der Waals surface area contributed by atoms with Crippen LogP contribution in [0.15, 0.2) is 17.0 Å². The molecule has 0 radical (unpaired) electrons. The Kier molecular flexibility index (Phi) is 4.03. The van der Waals surface area contributed by atoms with E-state index in [-0.39, 0.29) is 0 Å². The molecule has 2 nitrogen and oxygen atoms in total. The Morgan fingerprint density at radius 1 is 1.69 bits per heavy atom. The molecule has 0 fully saturated rings. The van der Waals surface area contributed by atoms with E-state index in [1.54, 1.807) is 23.8 Å². The first kappa shape index (κ1) is 10.3. The van der Waals surface area contributed by atoms with Gasteiger partial charge in [-0.3, -0.25) is 0 Å². The predicted octanol–water partition coefficient (Wildman–Crippen LogP) is 2.69. The smallest absolute Gasteiger partial charge is 0.129 e. The minimum Gasteiger partial charge on any atom is -0.235 e. The predicted molar refractivity (Wildman–Crippen MR) is 55.8 cm³/mol. The molecule has 1 rings (SSSR count). The van der Waals surface area contributed by atoms with Gasteiger partial charge in [-0.1, -0.05) is 18.5 Å². The Balaban J connectivity index is 3.10. The molecule has 1 aromatic heterocycles. The van der Waals surface area contributed by atoms with E-state index in [1.165, 1.54) is 6.08 Å². The van der Waals surface area contributed by atoms with Crippen LogP contribution in [0.1, 0.15) is 12.6 Å². The van der Waals surface area contributed by atoms with Crippen LogP contribution < -0.4 is 0 Å². The average molecular weight is 214 g/mol. The second kappa shape index (κ2) is 5.07. The van der Waals surface area contributed by atoms with E-state index < -0.39 is 0 Å².